The van der Waals surface area contributed by atoms with Crippen LogP contribution in [0.15, 0.2) is 11.6 Å². The molecular formula is C13H24IN. The number of nitrogens with zero attached hydrogens (tertiary/aromatic N) is 1. The van der Waals surface area contributed by atoms with Gasteiger partial charge in [0.15, 0.2) is 0 Å². The van der Waals surface area contributed by atoms with E-state index in [9.17, 15) is 0 Å². The van der Waals surface area contributed by atoms with E-state index in [-0.39, 0.29) is 0 Å². The first-order chi connectivity index (χ1) is 7.17. The van der Waals surface area contributed by atoms with E-state index in [0.717, 1.165) is 9.84 Å². The van der Waals surface area contributed by atoms with Crippen LogP contribution in [-0.4, -0.2) is 28.5 Å². The fourth-order valence-corrected chi connectivity index (χ4v) is 3.25. The molecule has 1 rings (SSSR count). The van der Waals surface area contributed by atoms with Crippen molar-refractivity contribution in [2.75, 3.05) is 19.6 Å². The zero-order chi connectivity index (χ0) is 11.3. The fraction of sp³-hybridized carbons (Fsp3) is 0.846. The van der Waals surface area contributed by atoms with Crippen molar-refractivity contribution in [3.63, 3.8) is 0 Å². The summed E-state index contributed by atoms with van der Waals surface area (Å²) in [6.07, 6.45) is 6.34. The molecule has 0 aromatic carbocycles. The third-order valence-electron chi connectivity index (χ3n) is 3.40. The smallest absolute Gasteiger partial charge is 0.0237 e. The van der Waals surface area contributed by atoms with Gasteiger partial charge in [0.2, 0.25) is 0 Å². The molecule has 2 atom stereocenters. The summed E-state index contributed by atoms with van der Waals surface area (Å²) in [7, 11) is 0. The number of rotatable bonds is 3. The van der Waals surface area contributed by atoms with E-state index in [1.54, 1.807) is 5.57 Å². The molecular weight excluding hydrogens is 297 g/mol. The lowest BCUT2D eigenvalue weighted by Crippen LogP contribution is -2.32. The maximum Gasteiger partial charge on any atom is 0.0237 e. The van der Waals surface area contributed by atoms with Crippen LogP contribution in [0.3, 0.4) is 0 Å². The number of alkyl halides is 1. The van der Waals surface area contributed by atoms with E-state index in [1.807, 2.05) is 0 Å². The van der Waals surface area contributed by atoms with Gasteiger partial charge in [0, 0.05) is 17.0 Å². The predicted molar refractivity (Wildman–Crippen MR) is 76.7 cm³/mol. The van der Waals surface area contributed by atoms with Gasteiger partial charge in [-0.3, -0.25) is 0 Å². The van der Waals surface area contributed by atoms with Gasteiger partial charge in [-0.05, 0) is 45.6 Å². The molecule has 1 aliphatic heterocycles. The minimum Gasteiger partial charge on any atom is -0.302 e. The number of likely N-dealkylation sites (tertiary alicyclic amines) is 1. The standard InChI is InChI=1S/C13H24IN/c1-4-8-15-9-12(11(3)5-2)6-7-13(14)10-15/h5,12-13H,4,6-10H2,1-3H3/b11-5+. The quantitative estimate of drug-likeness (QED) is 0.433. The lowest BCUT2D eigenvalue weighted by molar-refractivity contribution is 0.265. The van der Waals surface area contributed by atoms with Crippen molar-refractivity contribution in [3.05, 3.63) is 11.6 Å². The van der Waals surface area contributed by atoms with Crippen LogP contribution in [-0.2, 0) is 0 Å². The van der Waals surface area contributed by atoms with Gasteiger partial charge in [0.05, 0.1) is 0 Å². The van der Waals surface area contributed by atoms with Crippen molar-refractivity contribution < 1.29 is 0 Å². The van der Waals surface area contributed by atoms with Gasteiger partial charge < -0.3 is 4.90 Å². The first-order valence-corrected chi connectivity index (χ1v) is 7.41. The first-order valence-electron chi connectivity index (χ1n) is 6.16. The van der Waals surface area contributed by atoms with Gasteiger partial charge in [-0.25, -0.2) is 0 Å². The fourth-order valence-electron chi connectivity index (χ4n) is 2.34. The highest BCUT2D eigenvalue weighted by atomic mass is 127. The van der Waals surface area contributed by atoms with Crippen LogP contribution in [0.5, 0.6) is 0 Å². The molecule has 1 heterocycles. The Morgan fingerprint density at radius 2 is 2.13 bits per heavy atom. The number of hydrogen-bond acceptors (Lipinski definition) is 1. The molecule has 0 aromatic heterocycles. The average molecular weight is 321 g/mol. The van der Waals surface area contributed by atoms with Crippen molar-refractivity contribution in [2.45, 2.75) is 44.0 Å². The van der Waals surface area contributed by atoms with Crippen LogP contribution < -0.4 is 0 Å². The largest absolute Gasteiger partial charge is 0.302 e. The molecule has 0 amide bonds. The van der Waals surface area contributed by atoms with Gasteiger partial charge in [-0.2, -0.15) is 0 Å². The Kier molecular flexibility index (Phi) is 6.20. The van der Waals surface area contributed by atoms with Crippen molar-refractivity contribution in [1.82, 2.24) is 4.90 Å². The Hall–Kier alpha value is 0.430. The van der Waals surface area contributed by atoms with Crippen molar-refractivity contribution in [2.24, 2.45) is 5.92 Å². The van der Waals surface area contributed by atoms with Crippen LogP contribution in [0, 0.1) is 5.92 Å². The van der Waals surface area contributed by atoms with Crippen molar-refractivity contribution in [3.8, 4) is 0 Å². The molecule has 0 N–H and O–H groups in total. The zero-order valence-corrected chi connectivity index (χ0v) is 12.5. The molecule has 0 aliphatic carbocycles. The molecule has 1 nitrogen and oxygen atoms in total. The molecule has 15 heavy (non-hydrogen) atoms. The number of allylic oxidation sites excluding steroid dienone is 1. The topological polar surface area (TPSA) is 3.24 Å². The van der Waals surface area contributed by atoms with Gasteiger partial charge in [0.25, 0.3) is 0 Å². The molecule has 0 spiro atoms. The Bertz CT molecular complexity index is 213. The monoisotopic (exact) mass is 321 g/mol. The average Bonchev–Trinajstić information content (AvgIpc) is 2.40. The second-order valence-electron chi connectivity index (χ2n) is 4.66. The van der Waals surface area contributed by atoms with E-state index < -0.39 is 0 Å². The maximum atomic E-state index is 2.65. The molecule has 1 fully saturated rings. The van der Waals surface area contributed by atoms with Gasteiger partial charge in [0.1, 0.15) is 0 Å². The summed E-state index contributed by atoms with van der Waals surface area (Å²) < 4.78 is 0.851. The second kappa shape index (κ2) is 6.89. The lowest BCUT2D eigenvalue weighted by atomic mass is 9.95. The van der Waals surface area contributed by atoms with E-state index in [0.29, 0.717) is 0 Å². The maximum absolute atomic E-state index is 2.65. The molecule has 2 unspecified atom stereocenters. The molecule has 0 radical (unpaired) electrons. The normalized spacial score (nSPS) is 30.3. The highest BCUT2D eigenvalue weighted by Crippen LogP contribution is 2.26. The van der Waals surface area contributed by atoms with Crippen LogP contribution in [0.4, 0.5) is 0 Å². The summed E-state index contributed by atoms with van der Waals surface area (Å²) in [5.74, 6) is 0.807. The zero-order valence-electron chi connectivity index (χ0n) is 10.3. The van der Waals surface area contributed by atoms with Gasteiger partial charge >= 0.3 is 0 Å². The number of hydrogen-bond donors (Lipinski definition) is 0. The van der Waals surface area contributed by atoms with Gasteiger partial charge in [-0.1, -0.05) is 41.2 Å². The Labute approximate surface area is 108 Å². The summed E-state index contributed by atoms with van der Waals surface area (Å²) in [5, 5.41) is 0. The van der Waals surface area contributed by atoms with Crippen LogP contribution >= 0.6 is 22.6 Å². The molecule has 0 aromatic rings. The summed E-state index contributed by atoms with van der Waals surface area (Å²) in [4.78, 5) is 2.65. The third kappa shape index (κ3) is 4.43. The molecule has 0 bridgehead atoms. The summed E-state index contributed by atoms with van der Waals surface area (Å²) >= 11 is 2.62. The van der Waals surface area contributed by atoms with Crippen LogP contribution in [0.25, 0.3) is 0 Å². The minimum atomic E-state index is 0.807. The van der Waals surface area contributed by atoms with E-state index >= 15 is 0 Å². The number of halogens is 1. The summed E-state index contributed by atoms with van der Waals surface area (Å²) in [6.45, 7) is 10.6. The third-order valence-corrected chi connectivity index (χ3v) is 4.42. The van der Waals surface area contributed by atoms with Crippen LogP contribution in [0.2, 0.25) is 0 Å². The SMILES string of the molecule is C/C=C(\C)C1CCC(I)CN(CCC)C1. The van der Waals surface area contributed by atoms with E-state index in [1.165, 1.54) is 38.9 Å². The Morgan fingerprint density at radius 1 is 1.40 bits per heavy atom. The van der Waals surface area contributed by atoms with Gasteiger partial charge in [-0.15, -0.1) is 0 Å². The van der Waals surface area contributed by atoms with E-state index in [2.05, 4.69) is 54.3 Å². The second-order valence-corrected chi connectivity index (χ2v) is 6.43. The van der Waals surface area contributed by atoms with Crippen molar-refractivity contribution >= 4 is 22.6 Å². The molecule has 88 valence electrons. The first kappa shape index (κ1) is 13.5. The van der Waals surface area contributed by atoms with Crippen molar-refractivity contribution in [1.29, 1.82) is 0 Å². The molecule has 2 heteroatoms. The van der Waals surface area contributed by atoms with Crippen LogP contribution in [0.1, 0.15) is 40.0 Å². The molecule has 1 aliphatic rings. The Morgan fingerprint density at radius 3 is 2.73 bits per heavy atom. The summed E-state index contributed by atoms with van der Waals surface area (Å²) in [6, 6.07) is 0. The minimum absolute atomic E-state index is 0.807. The predicted octanol–water partition coefficient (Wildman–Crippen LogP) is 3.88. The Balaban J connectivity index is 2.60. The van der Waals surface area contributed by atoms with E-state index in [4.69, 9.17) is 0 Å². The summed E-state index contributed by atoms with van der Waals surface area (Å²) in [5.41, 5.74) is 1.58. The molecule has 0 saturated carbocycles. The highest BCUT2D eigenvalue weighted by Gasteiger charge is 2.22. The highest BCUT2D eigenvalue weighted by molar-refractivity contribution is 14.1. The molecule has 1 saturated heterocycles. The lowest BCUT2D eigenvalue weighted by Gasteiger charge is -2.24.